The molecule has 88 valence electrons. The molecule has 2 rings (SSSR count). The van der Waals surface area contributed by atoms with Gasteiger partial charge in [0, 0.05) is 19.2 Å². The van der Waals surface area contributed by atoms with Crippen molar-refractivity contribution in [1.29, 1.82) is 0 Å². The molecule has 0 bridgehead atoms. The van der Waals surface area contributed by atoms with Crippen LogP contribution in [0.15, 0.2) is 0 Å². The minimum Gasteiger partial charge on any atom is -0.396 e. The molecule has 2 aliphatic carbocycles. The van der Waals surface area contributed by atoms with Crippen molar-refractivity contribution in [3.05, 3.63) is 0 Å². The number of aliphatic hydroxyl groups is 1. The van der Waals surface area contributed by atoms with Crippen LogP contribution in [0.25, 0.3) is 0 Å². The van der Waals surface area contributed by atoms with E-state index >= 15 is 0 Å². The Labute approximate surface area is 93.5 Å². The van der Waals surface area contributed by atoms with Crippen molar-refractivity contribution in [3.63, 3.8) is 0 Å². The fraction of sp³-hybridized carbons (Fsp3) is 1.00. The van der Waals surface area contributed by atoms with Gasteiger partial charge in [-0.1, -0.05) is 25.7 Å². The molecule has 2 aliphatic rings. The summed E-state index contributed by atoms with van der Waals surface area (Å²) < 4.78 is 0. The summed E-state index contributed by atoms with van der Waals surface area (Å²) in [6.07, 6.45) is 12.0. The second kappa shape index (κ2) is 5.31. The SMILES string of the molecule is OCCC1(CNC2CCCCC2)CCC1. The van der Waals surface area contributed by atoms with Crippen LogP contribution in [0.2, 0.25) is 0 Å². The van der Waals surface area contributed by atoms with E-state index in [-0.39, 0.29) is 0 Å². The van der Waals surface area contributed by atoms with E-state index in [0.717, 1.165) is 19.0 Å². The summed E-state index contributed by atoms with van der Waals surface area (Å²) >= 11 is 0. The Morgan fingerprint density at radius 3 is 2.33 bits per heavy atom. The molecule has 0 saturated heterocycles. The summed E-state index contributed by atoms with van der Waals surface area (Å²) in [7, 11) is 0. The van der Waals surface area contributed by atoms with E-state index in [1.807, 2.05) is 0 Å². The topological polar surface area (TPSA) is 32.3 Å². The zero-order chi connectivity index (χ0) is 10.6. The highest BCUT2D eigenvalue weighted by molar-refractivity contribution is 4.90. The van der Waals surface area contributed by atoms with Gasteiger partial charge in [-0.15, -0.1) is 0 Å². The number of aliphatic hydroxyl groups excluding tert-OH is 1. The normalized spacial score (nSPS) is 26.2. The molecule has 2 heteroatoms. The summed E-state index contributed by atoms with van der Waals surface area (Å²) in [5, 5.41) is 12.8. The van der Waals surface area contributed by atoms with E-state index < -0.39 is 0 Å². The van der Waals surface area contributed by atoms with Gasteiger partial charge in [-0.2, -0.15) is 0 Å². The molecule has 0 amide bonds. The molecule has 2 saturated carbocycles. The maximum absolute atomic E-state index is 9.08. The molecule has 0 unspecified atom stereocenters. The number of rotatable bonds is 5. The Morgan fingerprint density at radius 1 is 1.07 bits per heavy atom. The minimum atomic E-state index is 0.367. The molecule has 0 aromatic carbocycles. The van der Waals surface area contributed by atoms with Gasteiger partial charge in [0.15, 0.2) is 0 Å². The molecule has 0 radical (unpaired) electrons. The predicted molar refractivity (Wildman–Crippen MR) is 62.9 cm³/mol. The number of nitrogens with one attached hydrogen (secondary N) is 1. The van der Waals surface area contributed by atoms with E-state index in [9.17, 15) is 0 Å². The zero-order valence-electron chi connectivity index (χ0n) is 9.80. The zero-order valence-corrected chi connectivity index (χ0v) is 9.80. The molecule has 2 fully saturated rings. The molecule has 2 N–H and O–H groups in total. The summed E-state index contributed by atoms with van der Waals surface area (Å²) in [5.41, 5.74) is 0.464. The van der Waals surface area contributed by atoms with Crippen LogP contribution >= 0.6 is 0 Å². The molecular formula is C13H25NO. The molecule has 0 spiro atoms. The third-order valence-corrected chi connectivity index (χ3v) is 4.43. The Morgan fingerprint density at radius 2 is 1.80 bits per heavy atom. The third-order valence-electron chi connectivity index (χ3n) is 4.43. The summed E-state index contributed by atoms with van der Waals surface area (Å²) in [5.74, 6) is 0. The van der Waals surface area contributed by atoms with Crippen molar-refractivity contribution in [3.8, 4) is 0 Å². The lowest BCUT2D eigenvalue weighted by Crippen LogP contribution is -2.44. The first-order valence-electron chi connectivity index (χ1n) is 6.69. The van der Waals surface area contributed by atoms with Gasteiger partial charge in [-0.05, 0) is 37.5 Å². The monoisotopic (exact) mass is 211 g/mol. The van der Waals surface area contributed by atoms with Crippen molar-refractivity contribution in [2.75, 3.05) is 13.2 Å². The van der Waals surface area contributed by atoms with Crippen molar-refractivity contribution >= 4 is 0 Å². The quantitative estimate of drug-likeness (QED) is 0.732. The standard InChI is InChI=1S/C13H25NO/c15-10-9-13(7-4-8-13)11-14-12-5-2-1-3-6-12/h12,14-15H,1-11H2. The van der Waals surface area contributed by atoms with Crippen LogP contribution in [-0.4, -0.2) is 24.3 Å². The van der Waals surface area contributed by atoms with Crippen LogP contribution in [0.5, 0.6) is 0 Å². The lowest BCUT2D eigenvalue weighted by molar-refractivity contribution is 0.0806. The summed E-state index contributed by atoms with van der Waals surface area (Å²) in [4.78, 5) is 0. The van der Waals surface area contributed by atoms with E-state index in [2.05, 4.69) is 5.32 Å². The number of hydrogen-bond acceptors (Lipinski definition) is 2. The van der Waals surface area contributed by atoms with Crippen LogP contribution in [0, 0.1) is 5.41 Å². The van der Waals surface area contributed by atoms with Gasteiger partial charge in [-0.3, -0.25) is 0 Å². The number of hydrogen-bond donors (Lipinski definition) is 2. The molecule has 0 aromatic heterocycles. The second-order valence-electron chi connectivity index (χ2n) is 5.54. The predicted octanol–water partition coefficient (Wildman–Crippen LogP) is 2.46. The van der Waals surface area contributed by atoms with Gasteiger partial charge in [0.05, 0.1) is 0 Å². The summed E-state index contributed by atoms with van der Waals surface area (Å²) in [6, 6.07) is 0.773. The Balaban J connectivity index is 1.70. The third kappa shape index (κ3) is 2.94. The largest absolute Gasteiger partial charge is 0.396 e. The highest BCUT2D eigenvalue weighted by Gasteiger charge is 2.36. The van der Waals surface area contributed by atoms with Gasteiger partial charge >= 0.3 is 0 Å². The van der Waals surface area contributed by atoms with E-state index in [4.69, 9.17) is 5.11 Å². The first kappa shape index (κ1) is 11.4. The molecule has 2 nitrogen and oxygen atoms in total. The Bertz CT molecular complexity index is 183. The molecule has 0 aromatic rings. The fourth-order valence-corrected chi connectivity index (χ4v) is 3.10. The van der Waals surface area contributed by atoms with E-state index in [1.54, 1.807) is 0 Å². The second-order valence-corrected chi connectivity index (χ2v) is 5.54. The molecule has 0 aliphatic heterocycles. The van der Waals surface area contributed by atoms with Crippen LogP contribution in [0.3, 0.4) is 0 Å². The molecule has 0 atom stereocenters. The van der Waals surface area contributed by atoms with Gasteiger partial charge in [0.2, 0.25) is 0 Å². The first-order valence-corrected chi connectivity index (χ1v) is 6.69. The van der Waals surface area contributed by atoms with E-state index in [0.29, 0.717) is 12.0 Å². The average Bonchev–Trinajstić information content (AvgIpc) is 2.23. The Hall–Kier alpha value is -0.0800. The molecular weight excluding hydrogens is 186 g/mol. The van der Waals surface area contributed by atoms with Crippen LogP contribution in [-0.2, 0) is 0 Å². The van der Waals surface area contributed by atoms with Crippen LogP contribution < -0.4 is 5.32 Å². The lowest BCUT2D eigenvalue weighted by Gasteiger charge is -2.43. The van der Waals surface area contributed by atoms with Crippen molar-refractivity contribution < 1.29 is 5.11 Å². The highest BCUT2D eigenvalue weighted by Crippen LogP contribution is 2.43. The minimum absolute atomic E-state index is 0.367. The fourth-order valence-electron chi connectivity index (χ4n) is 3.10. The van der Waals surface area contributed by atoms with E-state index in [1.165, 1.54) is 51.4 Å². The van der Waals surface area contributed by atoms with Gasteiger partial charge in [-0.25, -0.2) is 0 Å². The maximum Gasteiger partial charge on any atom is 0.0436 e. The van der Waals surface area contributed by atoms with Crippen molar-refractivity contribution in [2.24, 2.45) is 5.41 Å². The maximum atomic E-state index is 9.08. The van der Waals surface area contributed by atoms with Gasteiger partial charge in [0.1, 0.15) is 0 Å². The summed E-state index contributed by atoms with van der Waals surface area (Å²) in [6.45, 7) is 1.52. The highest BCUT2D eigenvalue weighted by atomic mass is 16.3. The van der Waals surface area contributed by atoms with Gasteiger partial charge < -0.3 is 10.4 Å². The average molecular weight is 211 g/mol. The molecule has 15 heavy (non-hydrogen) atoms. The Kier molecular flexibility index (Phi) is 4.04. The van der Waals surface area contributed by atoms with Crippen molar-refractivity contribution in [1.82, 2.24) is 5.32 Å². The van der Waals surface area contributed by atoms with Crippen LogP contribution in [0.4, 0.5) is 0 Å². The van der Waals surface area contributed by atoms with Crippen molar-refractivity contribution in [2.45, 2.75) is 63.8 Å². The smallest absolute Gasteiger partial charge is 0.0436 e. The molecule has 0 heterocycles. The lowest BCUT2D eigenvalue weighted by atomic mass is 9.66. The van der Waals surface area contributed by atoms with Crippen LogP contribution in [0.1, 0.15) is 57.8 Å². The first-order chi connectivity index (χ1) is 7.35. The van der Waals surface area contributed by atoms with Gasteiger partial charge in [0.25, 0.3) is 0 Å².